The molecule has 5 N–H and O–H groups in total. The summed E-state index contributed by atoms with van der Waals surface area (Å²) < 4.78 is 5.06. The molecule has 0 aliphatic rings. The second-order valence-corrected chi connectivity index (χ2v) is 7.26. The molecule has 1 aromatic heterocycles. The largest absolute Gasteiger partial charge is 0.423 e. The fourth-order valence-electron chi connectivity index (χ4n) is 2.31. The van der Waals surface area contributed by atoms with E-state index in [9.17, 15) is 40.1 Å². The molecule has 0 spiro atoms. The standard InChI is InChI=1S/C17H19N3O9S/c1-7-4-3-5-9(15(25)19-17-18-6-10(30-17)20(27)28)14(7)29-16(26)13(24)12(23)11(22)8(2)21/h3-6,8,11-13,21-24H,1-2H3,(H,18,19,25)/t8-,11-,12+,13-/m1/s1. The molecular weight excluding hydrogens is 422 g/mol. The van der Waals surface area contributed by atoms with Gasteiger partial charge in [0.15, 0.2) is 11.2 Å². The molecule has 0 fully saturated rings. The van der Waals surface area contributed by atoms with Crippen molar-refractivity contribution in [2.75, 3.05) is 5.32 Å². The Morgan fingerprint density at radius 2 is 1.90 bits per heavy atom. The lowest BCUT2D eigenvalue weighted by molar-refractivity contribution is -0.380. The molecule has 0 saturated heterocycles. The summed E-state index contributed by atoms with van der Waals surface area (Å²) in [6, 6.07) is 4.32. The van der Waals surface area contributed by atoms with Crippen LogP contribution in [0.5, 0.6) is 5.75 Å². The van der Waals surface area contributed by atoms with E-state index in [0.29, 0.717) is 16.9 Å². The lowest BCUT2D eigenvalue weighted by Crippen LogP contribution is -2.48. The first-order chi connectivity index (χ1) is 14.0. The number of rotatable bonds is 8. The van der Waals surface area contributed by atoms with E-state index in [1.54, 1.807) is 0 Å². The van der Waals surface area contributed by atoms with Crippen molar-refractivity contribution in [3.8, 4) is 5.75 Å². The van der Waals surface area contributed by atoms with Gasteiger partial charge in [-0.05, 0) is 36.8 Å². The van der Waals surface area contributed by atoms with E-state index in [1.807, 2.05) is 0 Å². The molecule has 1 aromatic carbocycles. The Balaban J connectivity index is 2.22. The summed E-state index contributed by atoms with van der Waals surface area (Å²) in [6.07, 6.45) is -6.50. The topological polar surface area (TPSA) is 192 Å². The summed E-state index contributed by atoms with van der Waals surface area (Å²) >= 11 is 0.628. The fraction of sp³-hybridized carbons (Fsp3) is 0.353. The van der Waals surface area contributed by atoms with Crippen molar-refractivity contribution >= 4 is 33.3 Å². The number of nitro groups is 1. The van der Waals surface area contributed by atoms with Crippen LogP contribution in [0.15, 0.2) is 24.4 Å². The monoisotopic (exact) mass is 441 g/mol. The number of anilines is 1. The van der Waals surface area contributed by atoms with Crippen LogP contribution in [0.3, 0.4) is 0 Å². The van der Waals surface area contributed by atoms with Crippen LogP contribution < -0.4 is 10.1 Å². The predicted octanol–water partition coefficient (Wildman–Crippen LogP) is -0.0191. The van der Waals surface area contributed by atoms with Gasteiger partial charge in [-0.25, -0.2) is 9.78 Å². The Hall–Kier alpha value is -2.97. The summed E-state index contributed by atoms with van der Waals surface area (Å²) in [5, 5.41) is 51.3. The Morgan fingerprint density at radius 1 is 1.23 bits per heavy atom. The minimum Gasteiger partial charge on any atom is -0.423 e. The zero-order valence-electron chi connectivity index (χ0n) is 15.8. The molecule has 13 heteroatoms. The number of ether oxygens (including phenoxy) is 1. The number of aryl methyl sites for hydroxylation is 1. The number of carbonyl (C=O) groups is 2. The first-order valence-corrected chi connectivity index (χ1v) is 9.29. The maximum absolute atomic E-state index is 12.6. The average Bonchev–Trinajstić information content (AvgIpc) is 3.16. The van der Waals surface area contributed by atoms with Gasteiger partial charge in [0.25, 0.3) is 5.91 Å². The lowest BCUT2D eigenvalue weighted by Gasteiger charge is -2.24. The number of aliphatic hydroxyl groups excluding tert-OH is 4. The molecule has 1 heterocycles. The summed E-state index contributed by atoms with van der Waals surface area (Å²) in [4.78, 5) is 38.5. The SMILES string of the molecule is Cc1cccc(C(=O)Nc2ncc([N+](=O)[O-])s2)c1OC(=O)[C@H](O)[C@@H](O)[C@H](O)[C@@H](C)O. The highest BCUT2D eigenvalue weighted by molar-refractivity contribution is 7.18. The van der Waals surface area contributed by atoms with Crippen molar-refractivity contribution in [3.63, 3.8) is 0 Å². The molecule has 0 aliphatic carbocycles. The summed E-state index contributed by atoms with van der Waals surface area (Å²) in [5.41, 5.74) is 0.192. The van der Waals surface area contributed by atoms with E-state index in [1.165, 1.54) is 25.1 Å². The number of thiazole rings is 1. The predicted molar refractivity (Wildman–Crippen MR) is 103 cm³/mol. The van der Waals surface area contributed by atoms with Crippen molar-refractivity contribution in [2.45, 2.75) is 38.3 Å². The first kappa shape index (κ1) is 23.3. The van der Waals surface area contributed by atoms with Gasteiger partial charge in [-0.2, -0.15) is 0 Å². The van der Waals surface area contributed by atoms with Crippen molar-refractivity contribution in [3.05, 3.63) is 45.6 Å². The Labute approximate surface area is 173 Å². The van der Waals surface area contributed by atoms with Crippen molar-refractivity contribution in [2.24, 2.45) is 0 Å². The summed E-state index contributed by atoms with van der Waals surface area (Å²) in [6.45, 7) is 2.67. The molecule has 2 aromatic rings. The van der Waals surface area contributed by atoms with E-state index < -0.39 is 41.2 Å². The zero-order chi connectivity index (χ0) is 22.6. The van der Waals surface area contributed by atoms with Crippen LogP contribution in [0.4, 0.5) is 10.1 Å². The van der Waals surface area contributed by atoms with E-state index in [4.69, 9.17) is 4.74 Å². The molecule has 12 nitrogen and oxygen atoms in total. The first-order valence-electron chi connectivity index (χ1n) is 8.48. The van der Waals surface area contributed by atoms with Gasteiger partial charge in [0.05, 0.1) is 16.6 Å². The van der Waals surface area contributed by atoms with Gasteiger partial charge >= 0.3 is 11.0 Å². The molecule has 0 aliphatic heterocycles. The van der Waals surface area contributed by atoms with Gasteiger partial charge in [-0.15, -0.1) is 0 Å². The van der Waals surface area contributed by atoms with Crippen LogP contribution in [-0.2, 0) is 4.79 Å². The quantitative estimate of drug-likeness (QED) is 0.161. The highest BCUT2D eigenvalue weighted by Crippen LogP contribution is 2.28. The van der Waals surface area contributed by atoms with Crippen LogP contribution in [0.1, 0.15) is 22.8 Å². The van der Waals surface area contributed by atoms with Gasteiger partial charge < -0.3 is 25.2 Å². The van der Waals surface area contributed by atoms with E-state index in [-0.39, 0.29) is 21.4 Å². The Kier molecular flexibility index (Phi) is 7.53. The van der Waals surface area contributed by atoms with Crippen LogP contribution in [0.2, 0.25) is 0 Å². The maximum atomic E-state index is 12.6. The van der Waals surface area contributed by atoms with Crippen molar-refractivity contribution < 1.29 is 39.7 Å². The number of aromatic nitrogens is 1. The van der Waals surface area contributed by atoms with Gasteiger partial charge in [-0.3, -0.25) is 20.2 Å². The fourth-order valence-corrected chi connectivity index (χ4v) is 2.94. The molecule has 30 heavy (non-hydrogen) atoms. The van der Waals surface area contributed by atoms with Crippen molar-refractivity contribution in [1.82, 2.24) is 4.98 Å². The van der Waals surface area contributed by atoms with Gasteiger partial charge in [0.2, 0.25) is 0 Å². The number of carbonyl (C=O) groups excluding carboxylic acids is 2. The van der Waals surface area contributed by atoms with E-state index >= 15 is 0 Å². The van der Waals surface area contributed by atoms with Crippen LogP contribution in [0.25, 0.3) is 0 Å². The number of para-hydroxylation sites is 1. The van der Waals surface area contributed by atoms with Gasteiger partial charge in [-0.1, -0.05) is 12.1 Å². The van der Waals surface area contributed by atoms with Crippen LogP contribution >= 0.6 is 11.3 Å². The Bertz CT molecular complexity index is 946. The molecule has 0 saturated carbocycles. The number of nitrogens with one attached hydrogen (secondary N) is 1. The molecule has 4 atom stereocenters. The molecule has 0 radical (unpaired) electrons. The minimum absolute atomic E-state index is 0.0546. The van der Waals surface area contributed by atoms with E-state index in [2.05, 4.69) is 10.3 Å². The maximum Gasteiger partial charge on any atom is 0.345 e. The minimum atomic E-state index is -2.20. The highest BCUT2D eigenvalue weighted by atomic mass is 32.1. The third-order valence-electron chi connectivity index (χ3n) is 3.96. The number of aliphatic hydroxyl groups is 4. The van der Waals surface area contributed by atoms with Crippen LogP contribution in [0, 0.1) is 17.0 Å². The van der Waals surface area contributed by atoms with Gasteiger partial charge in [0.1, 0.15) is 24.2 Å². The number of esters is 1. The molecule has 2 rings (SSSR count). The lowest BCUT2D eigenvalue weighted by atomic mass is 10.0. The normalized spacial score (nSPS) is 15.0. The van der Waals surface area contributed by atoms with Crippen molar-refractivity contribution in [1.29, 1.82) is 0 Å². The van der Waals surface area contributed by atoms with Gasteiger partial charge in [0, 0.05) is 0 Å². The van der Waals surface area contributed by atoms with Crippen LogP contribution in [-0.4, -0.2) is 66.6 Å². The summed E-state index contributed by atoms with van der Waals surface area (Å²) in [5.74, 6) is -2.39. The third kappa shape index (κ3) is 5.34. The number of hydrogen-bond acceptors (Lipinski definition) is 11. The highest BCUT2D eigenvalue weighted by Gasteiger charge is 2.35. The number of amides is 1. The summed E-state index contributed by atoms with van der Waals surface area (Å²) in [7, 11) is 0. The zero-order valence-corrected chi connectivity index (χ0v) is 16.6. The molecular formula is C17H19N3O9S. The number of nitrogens with zero attached hydrogens (tertiary/aromatic N) is 2. The Morgan fingerprint density at radius 3 is 2.47 bits per heavy atom. The smallest absolute Gasteiger partial charge is 0.345 e. The third-order valence-corrected chi connectivity index (χ3v) is 4.83. The molecule has 162 valence electrons. The molecule has 1 amide bonds. The molecule has 0 unspecified atom stereocenters. The molecule has 0 bridgehead atoms. The average molecular weight is 441 g/mol. The second kappa shape index (κ2) is 9.69. The number of hydrogen-bond donors (Lipinski definition) is 5. The van der Waals surface area contributed by atoms with E-state index in [0.717, 1.165) is 13.1 Å². The number of benzene rings is 1. The second-order valence-electron chi connectivity index (χ2n) is 6.25.